The third kappa shape index (κ3) is 3.50. The Morgan fingerprint density at radius 3 is 2.05 bits per heavy atom. The molecule has 0 unspecified atom stereocenters. The fourth-order valence-corrected chi connectivity index (χ4v) is 2.22. The third-order valence-electron chi connectivity index (χ3n) is 3.01. The summed E-state index contributed by atoms with van der Waals surface area (Å²) in [6.07, 6.45) is 0. The van der Waals surface area contributed by atoms with Crippen molar-refractivity contribution in [3.8, 4) is 11.3 Å². The summed E-state index contributed by atoms with van der Waals surface area (Å²) in [7, 11) is 0. The first-order chi connectivity index (χ1) is 10.6. The maximum absolute atomic E-state index is 11.8. The maximum Gasteiger partial charge on any atom is 0.201 e. The smallest absolute Gasteiger partial charge is 0.201 e. The summed E-state index contributed by atoms with van der Waals surface area (Å²) < 4.78 is 5.73. The number of nitrogens with one attached hydrogen (secondary N) is 1. The molecule has 0 spiro atoms. The van der Waals surface area contributed by atoms with Crippen LogP contribution in [0.4, 0.5) is 11.6 Å². The van der Waals surface area contributed by atoms with Crippen molar-refractivity contribution in [1.82, 2.24) is 0 Å². The van der Waals surface area contributed by atoms with E-state index in [1.807, 2.05) is 0 Å². The largest absolute Gasteiger partial charge is 0.440 e. The molecule has 1 heterocycles. The molecule has 3 rings (SSSR count). The quantitative estimate of drug-likeness (QED) is 0.702. The van der Waals surface area contributed by atoms with E-state index in [1.54, 1.807) is 48.5 Å². The monoisotopic (exact) mass is 331 g/mol. The molecule has 5 heteroatoms. The molecule has 3 nitrogen and oxygen atoms in total. The van der Waals surface area contributed by atoms with Gasteiger partial charge in [-0.05, 0) is 48.5 Å². The molecular formula is C17H11Cl2NO2. The van der Waals surface area contributed by atoms with Crippen LogP contribution in [0.1, 0.15) is 0 Å². The van der Waals surface area contributed by atoms with E-state index in [0.29, 0.717) is 21.7 Å². The summed E-state index contributed by atoms with van der Waals surface area (Å²) >= 11 is 11.7. The van der Waals surface area contributed by atoms with Gasteiger partial charge >= 0.3 is 0 Å². The Hall–Kier alpha value is -2.23. The Bertz CT molecular complexity index is 840. The molecule has 0 fully saturated rings. The maximum atomic E-state index is 11.8. The Kier molecular flexibility index (Phi) is 4.18. The van der Waals surface area contributed by atoms with Gasteiger partial charge in [0.25, 0.3) is 0 Å². The first-order valence-electron chi connectivity index (χ1n) is 6.54. The van der Waals surface area contributed by atoms with Gasteiger partial charge < -0.3 is 9.73 Å². The highest BCUT2D eigenvalue weighted by Gasteiger charge is 2.06. The van der Waals surface area contributed by atoms with Crippen LogP contribution in [0, 0.1) is 0 Å². The minimum absolute atomic E-state index is 0.146. The summed E-state index contributed by atoms with van der Waals surface area (Å²) in [5.41, 5.74) is 1.41. The molecule has 0 aliphatic heterocycles. The lowest BCUT2D eigenvalue weighted by Gasteiger charge is -2.07. The van der Waals surface area contributed by atoms with E-state index in [1.165, 1.54) is 12.1 Å². The zero-order chi connectivity index (χ0) is 15.5. The van der Waals surface area contributed by atoms with Gasteiger partial charge in [0, 0.05) is 33.4 Å². The van der Waals surface area contributed by atoms with Crippen molar-refractivity contribution in [2.75, 3.05) is 5.32 Å². The van der Waals surface area contributed by atoms with E-state index in [4.69, 9.17) is 27.6 Å². The number of benzene rings is 2. The van der Waals surface area contributed by atoms with Gasteiger partial charge in [0.15, 0.2) is 5.43 Å². The van der Waals surface area contributed by atoms with Crippen LogP contribution >= 0.6 is 23.2 Å². The average molecular weight is 332 g/mol. The molecule has 0 radical (unpaired) electrons. The van der Waals surface area contributed by atoms with Crippen molar-refractivity contribution in [2.24, 2.45) is 0 Å². The molecule has 2 aromatic carbocycles. The van der Waals surface area contributed by atoms with E-state index in [0.717, 1.165) is 11.3 Å². The number of anilines is 2. The first kappa shape index (κ1) is 14.7. The van der Waals surface area contributed by atoms with Crippen LogP contribution in [-0.2, 0) is 0 Å². The lowest BCUT2D eigenvalue weighted by Crippen LogP contribution is -2.01. The highest BCUT2D eigenvalue weighted by atomic mass is 35.5. The Morgan fingerprint density at radius 1 is 0.818 bits per heavy atom. The summed E-state index contributed by atoms with van der Waals surface area (Å²) in [5, 5.41) is 4.31. The molecule has 0 aliphatic carbocycles. The average Bonchev–Trinajstić information content (AvgIpc) is 2.50. The first-order valence-corrected chi connectivity index (χ1v) is 7.29. The van der Waals surface area contributed by atoms with E-state index in [-0.39, 0.29) is 5.43 Å². The second-order valence-electron chi connectivity index (χ2n) is 4.66. The Labute approximate surface area is 137 Å². The van der Waals surface area contributed by atoms with Crippen LogP contribution in [0.3, 0.4) is 0 Å². The Morgan fingerprint density at radius 2 is 1.41 bits per heavy atom. The van der Waals surface area contributed by atoms with Gasteiger partial charge in [-0.15, -0.1) is 0 Å². The third-order valence-corrected chi connectivity index (χ3v) is 3.51. The zero-order valence-electron chi connectivity index (χ0n) is 11.3. The molecule has 0 amide bonds. The fraction of sp³-hybridized carbons (Fsp3) is 0. The SMILES string of the molecule is O=c1cc(Nc2ccc(Cl)cc2)oc(-c2ccc(Cl)cc2)c1. The van der Waals surface area contributed by atoms with Gasteiger partial charge in [0.2, 0.25) is 5.88 Å². The molecular weight excluding hydrogens is 321 g/mol. The number of rotatable bonds is 3. The van der Waals surface area contributed by atoms with E-state index < -0.39 is 0 Å². The van der Waals surface area contributed by atoms with Gasteiger partial charge in [-0.3, -0.25) is 4.79 Å². The van der Waals surface area contributed by atoms with Crippen molar-refractivity contribution < 1.29 is 4.42 Å². The van der Waals surface area contributed by atoms with Gasteiger partial charge in [-0.2, -0.15) is 0 Å². The molecule has 0 saturated carbocycles. The second kappa shape index (κ2) is 6.26. The summed E-state index contributed by atoms with van der Waals surface area (Å²) in [6, 6.07) is 17.0. The lowest BCUT2D eigenvalue weighted by atomic mass is 10.1. The zero-order valence-corrected chi connectivity index (χ0v) is 12.9. The van der Waals surface area contributed by atoms with Crippen LogP contribution in [-0.4, -0.2) is 0 Å². The van der Waals surface area contributed by atoms with E-state index in [9.17, 15) is 4.79 Å². The predicted molar refractivity (Wildman–Crippen MR) is 90.2 cm³/mol. The lowest BCUT2D eigenvalue weighted by molar-refractivity contribution is 0.583. The topological polar surface area (TPSA) is 42.2 Å². The van der Waals surface area contributed by atoms with Crippen molar-refractivity contribution in [2.45, 2.75) is 0 Å². The van der Waals surface area contributed by atoms with Crippen LogP contribution in [0.15, 0.2) is 69.9 Å². The van der Waals surface area contributed by atoms with Gasteiger partial charge in [0.1, 0.15) is 5.76 Å². The summed E-state index contributed by atoms with van der Waals surface area (Å²) in [5.74, 6) is 0.834. The highest BCUT2D eigenvalue weighted by molar-refractivity contribution is 6.30. The van der Waals surface area contributed by atoms with Crippen LogP contribution in [0.2, 0.25) is 10.0 Å². The Balaban J connectivity index is 1.94. The van der Waals surface area contributed by atoms with Crippen molar-refractivity contribution in [1.29, 1.82) is 0 Å². The van der Waals surface area contributed by atoms with Crippen molar-refractivity contribution >= 4 is 34.8 Å². The molecule has 22 heavy (non-hydrogen) atoms. The van der Waals surface area contributed by atoms with Crippen LogP contribution in [0.5, 0.6) is 0 Å². The predicted octanol–water partition coefficient (Wildman–Crippen LogP) is 5.36. The minimum Gasteiger partial charge on any atom is -0.440 e. The number of hydrogen-bond acceptors (Lipinski definition) is 3. The van der Waals surface area contributed by atoms with Crippen molar-refractivity contribution in [3.05, 3.63) is 80.9 Å². The molecule has 3 aromatic rings. The molecule has 0 aliphatic rings. The van der Waals surface area contributed by atoms with Gasteiger partial charge in [-0.25, -0.2) is 0 Å². The van der Waals surface area contributed by atoms with Crippen molar-refractivity contribution in [3.63, 3.8) is 0 Å². The minimum atomic E-state index is -0.146. The van der Waals surface area contributed by atoms with E-state index in [2.05, 4.69) is 5.32 Å². The van der Waals surface area contributed by atoms with Crippen LogP contribution in [0.25, 0.3) is 11.3 Å². The molecule has 0 saturated heterocycles. The summed E-state index contributed by atoms with van der Waals surface area (Å²) in [6.45, 7) is 0. The molecule has 0 atom stereocenters. The molecule has 110 valence electrons. The standard InChI is InChI=1S/C17H11Cl2NO2/c18-12-3-1-11(2-4-12)16-9-15(21)10-17(22-16)20-14-7-5-13(19)6-8-14/h1-10,20H. The second-order valence-corrected chi connectivity index (χ2v) is 5.53. The fourth-order valence-electron chi connectivity index (χ4n) is 1.97. The number of halogens is 2. The van der Waals surface area contributed by atoms with Gasteiger partial charge in [0.05, 0.1) is 0 Å². The molecule has 0 bridgehead atoms. The normalized spacial score (nSPS) is 10.5. The highest BCUT2D eigenvalue weighted by Crippen LogP contribution is 2.25. The van der Waals surface area contributed by atoms with Gasteiger partial charge in [-0.1, -0.05) is 23.2 Å². The summed E-state index contributed by atoms with van der Waals surface area (Å²) in [4.78, 5) is 11.8. The molecule has 1 aromatic heterocycles. The number of hydrogen-bond donors (Lipinski definition) is 1. The molecule has 1 N–H and O–H groups in total. The van der Waals surface area contributed by atoms with Crippen LogP contribution < -0.4 is 10.7 Å². The van der Waals surface area contributed by atoms with E-state index >= 15 is 0 Å².